The van der Waals surface area contributed by atoms with Gasteiger partial charge in [0.1, 0.15) is 0 Å². The molecule has 1 amide bonds. The minimum Gasteiger partial charge on any atom is -0.339 e. The summed E-state index contributed by atoms with van der Waals surface area (Å²) in [6.07, 6.45) is 5.73. The zero-order valence-electron chi connectivity index (χ0n) is 20.3. The zero-order chi connectivity index (χ0) is 23.8. The van der Waals surface area contributed by atoms with Gasteiger partial charge in [0.15, 0.2) is 0 Å². The molecule has 2 fully saturated rings. The molecule has 1 aromatic heterocycles. The van der Waals surface area contributed by atoms with E-state index >= 15 is 0 Å². The predicted molar refractivity (Wildman–Crippen MR) is 139 cm³/mol. The molecule has 0 bridgehead atoms. The summed E-state index contributed by atoms with van der Waals surface area (Å²) < 4.78 is 0. The van der Waals surface area contributed by atoms with Crippen LogP contribution in [0.15, 0.2) is 53.3 Å². The van der Waals surface area contributed by atoms with Crippen LogP contribution in [0.4, 0.5) is 0 Å². The number of aromatic amines is 1. The largest absolute Gasteiger partial charge is 0.339 e. The van der Waals surface area contributed by atoms with Gasteiger partial charge >= 0.3 is 0 Å². The fourth-order valence-corrected chi connectivity index (χ4v) is 6.30. The zero-order valence-corrected chi connectivity index (χ0v) is 20.3. The molecular weight excluding hydrogens is 436 g/mol. The lowest BCUT2D eigenvalue weighted by molar-refractivity contribution is 0.0644. The summed E-state index contributed by atoms with van der Waals surface area (Å²) in [7, 11) is 0. The van der Waals surface area contributed by atoms with Crippen LogP contribution < -0.4 is 5.56 Å². The first kappa shape index (κ1) is 22.5. The molecule has 6 rings (SSSR count). The third-order valence-corrected chi connectivity index (χ3v) is 8.17. The third-order valence-electron chi connectivity index (χ3n) is 8.17. The highest BCUT2D eigenvalue weighted by molar-refractivity contribution is 5.94. The lowest BCUT2D eigenvalue weighted by atomic mass is 9.97. The van der Waals surface area contributed by atoms with Crippen molar-refractivity contribution in [3.63, 3.8) is 0 Å². The summed E-state index contributed by atoms with van der Waals surface area (Å²) in [5.41, 5.74) is 4.21. The van der Waals surface area contributed by atoms with Crippen molar-refractivity contribution >= 4 is 16.7 Å². The van der Waals surface area contributed by atoms with Crippen LogP contribution in [0.2, 0.25) is 0 Å². The van der Waals surface area contributed by atoms with Crippen LogP contribution in [0.5, 0.6) is 0 Å². The first-order valence-electron chi connectivity index (χ1n) is 13.1. The predicted octanol–water partition coefficient (Wildman–Crippen LogP) is 3.79. The van der Waals surface area contributed by atoms with E-state index in [1.165, 1.54) is 31.5 Å². The molecule has 3 aliphatic rings. The van der Waals surface area contributed by atoms with E-state index in [1.807, 2.05) is 35.2 Å². The SMILES string of the molecule is O=C(c1cccc(CN2CCc3c([nH]c(=O)c4ccccc34)C2)c1)N1CCC(N2CCCC2)CC1. The normalized spacial score (nSPS) is 19.8. The van der Waals surface area contributed by atoms with Gasteiger partial charge in [-0.3, -0.25) is 14.5 Å². The van der Waals surface area contributed by atoms with Gasteiger partial charge in [-0.2, -0.15) is 0 Å². The maximum Gasteiger partial charge on any atom is 0.256 e. The van der Waals surface area contributed by atoms with E-state index < -0.39 is 0 Å². The summed E-state index contributed by atoms with van der Waals surface area (Å²) in [5.74, 6) is 0.159. The molecule has 35 heavy (non-hydrogen) atoms. The van der Waals surface area contributed by atoms with E-state index in [2.05, 4.69) is 33.0 Å². The number of pyridine rings is 1. The lowest BCUT2D eigenvalue weighted by Crippen LogP contribution is -2.45. The van der Waals surface area contributed by atoms with Crippen LogP contribution in [0.25, 0.3) is 10.8 Å². The summed E-state index contributed by atoms with van der Waals surface area (Å²) in [6.45, 7) is 6.59. The number of hydrogen-bond donors (Lipinski definition) is 1. The maximum absolute atomic E-state index is 13.3. The van der Waals surface area contributed by atoms with Gasteiger partial charge in [0, 0.05) is 55.4 Å². The highest BCUT2D eigenvalue weighted by Crippen LogP contribution is 2.26. The Morgan fingerprint density at radius 1 is 0.914 bits per heavy atom. The van der Waals surface area contributed by atoms with Gasteiger partial charge in [-0.15, -0.1) is 0 Å². The van der Waals surface area contributed by atoms with Crippen LogP contribution in [0.1, 0.15) is 52.9 Å². The number of carbonyl (C=O) groups excluding carboxylic acids is 1. The number of amides is 1. The average molecular weight is 471 g/mol. The molecule has 4 heterocycles. The number of carbonyl (C=O) groups is 1. The summed E-state index contributed by atoms with van der Waals surface area (Å²) in [4.78, 5) is 36.0. The summed E-state index contributed by atoms with van der Waals surface area (Å²) in [6, 6.07) is 16.7. The number of piperidine rings is 1. The Morgan fingerprint density at radius 3 is 2.49 bits per heavy atom. The van der Waals surface area contributed by atoms with Gasteiger partial charge in [0.2, 0.25) is 0 Å². The summed E-state index contributed by atoms with van der Waals surface area (Å²) in [5, 5.41) is 1.85. The van der Waals surface area contributed by atoms with E-state index in [0.717, 1.165) is 79.6 Å². The Labute approximate surface area is 206 Å². The monoisotopic (exact) mass is 470 g/mol. The second kappa shape index (κ2) is 9.59. The average Bonchev–Trinajstić information content (AvgIpc) is 3.44. The quantitative estimate of drug-likeness (QED) is 0.630. The first-order valence-corrected chi connectivity index (χ1v) is 13.1. The number of rotatable bonds is 4. The highest BCUT2D eigenvalue weighted by Gasteiger charge is 2.29. The molecule has 2 aromatic carbocycles. The second-order valence-corrected chi connectivity index (χ2v) is 10.4. The molecule has 0 atom stereocenters. The number of aromatic nitrogens is 1. The molecule has 6 nitrogen and oxygen atoms in total. The van der Waals surface area contributed by atoms with Crippen molar-refractivity contribution in [2.45, 2.75) is 51.2 Å². The van der Waals surface area contributed by atoms with Crippen LogP contribution in [0.3, 0.4) is 0 Å². The van der Waals surface area contributed by atoms with E-state index in [4.69, 9.17) is 0 Å². The number of likely N-dealkylation sites (tertiary alicyclic amines) is 2. The molecular formula is C29H34N4O2. The Hall–Kier alpha value is -2.96. The van der Waals surface area contributed by atoms with E-state index in [0.29, 0.717) is 6.04 Å². The summed E-state index contributed by atoms with van der Waals surface area (Å²) >= 11 is 0. The second-order valence-electron chi connectivity index (χ2n) is 10.4. The van der Waals surface area contributed by atoms with E-state index in [1.54, 1.807) is 0 Å². The molecule has 0 aliphatic carbocycles. The van der Waals surface area contributed by atoms with Crippen molar-refractivity contribution in [3.05, 3.63) is 81.3 Å². The molecule has 6 heteroatoms. The molecule has 182 valence electrons. The minimum atomic E-state index is -0.0118. The minimum absolute atomic E-state index is 0.0118. The number of fused-ring (bicyclic) bond motifs is 3. The van der Waals surface area contributed by atoms with Crippen LogP contribution >= 0.6 is 0 Å². The molecule has 3 aromatic rings. The van der Waals surface area contributed by atoms with Gasteiger partial charge in [0.05, 0.1) is 0 Å². The molecule has 1 N–H and O–H groups in total. The van der Waals surface area contributed by atoms with Crippen molar-refractivity contribution in [1.29, 1.82) is 0 Å². The Balaban J connectivity index is 1.12. The molecule has 0 radical (unpaired) electrons. The number of hydrogen-bond acceptors (Lipinski definition) is 4. The van der Waals surface area contributed by atoms with Gasteiger partial charge in [-0.05, 0) is 79.9 Å². The van der Waals surface area contributed by atoms with E-state index in [9.17, 15) is 9.59 Å². The lowest BCUT2D eigenvalue weighted by Gasteiger charge is -2.36. The Kier molecular flexibility index (Phi) is 6.17. The molecule has 0 saturated carbocycles. The first-order chi connectivity index (χ1) is 17.2. The maximum atomic E-state index is 13.3. The molecule has 0 spiro atoms. The van der Waals surface area contributed by atoms with Gasteiger partial charge in [-0.25, -0.2) is 0 Å². The van der Waals surface area contributed by atoms with Crippen molar-refractivity contribution < 1.29 is 4.79 Å². The van der Waals surface area contributed by atoms with Gasteiger partial charge < -0.3 is 14.8 Å². The van der Waals surface area contributed by atoms with E-state index in [-0.39, 0.29) is 11.5 Å². The van der Waals surface area contributed by atoms with Crippen LogP contribution in [0, 0.1) is 0 Å². The third kappa shape index (κ3) is 4.53. The fraction of sp³-hybridized carbons (Fsp3) is 0.448. The number of H-pyrrole nitrogens is 1. The van der Waals surface area contributed by atoms with Gasteiger partial charge in [0.25, 0.3) is 11.5 Å². The molecule has 2 saturated heterocycles. The standard InChI is InChI=1S/C29H34N4O2/c34-28-26-9-2-1-8-24(26)25-12-15-31(20-27(25)30-28)19-21-6-5-7-22(18-21)29(35)33-16-10-23(11-17-33)32-13-3-4-14-32/h1-2,5-9,18,23H,3-4,10-17,19-20H2,(H,30,34). The highest BCUT2D eigenvalue weighted by atomic mass is 16.2. The number of nitrogens with zero attached hydrogens (tertiary/aromatic N) is 3. The van der Waals surface area contributed by atoms with Crippen molar-refractivity contribution in [2.75, 3.05) is 32.7 Å². The fourth-order valence-electron chi connectivity index (χ4n) is 6.30. The molecule has 3 aliphatic heterocycles. The van der Waals surface area contributed by atoms with Crippen molar-refractivity contribution in [1.82, 2.24) is 19.7 Å². The topological polar surface area (TPSA) is 59.7 Å². The van der Waals surface area contributed by atoms with Crippen molar-refractivity contribution in [3.8, 4) is 0 Å². The smallest absolute Gasteiger partial charge is 0.256 e. The Morgan fingerprint density at radius 2 is 1.69 bits per heavy atom. The van der Waals surface area contributed by atoms with Crippen molar-refractivity contribution in [2.24, 2.45) is 0 Å². The number of benzene rings is 2. The molecule has 0 unspecified atom stereocenters. The Bertz CT molecular complexity index is 1290. The van der Waals surface area contributed by atoms with Crippen LogP contribution in [-0.4, -0.2) is 64.4 Å². The van der Waals surface area contributed by atoms with Gasteiger partial charge in [-0.1, -0.05) is 30.3 Å². The number of nitrogens with one attached hydrogen (secondary N) is 1. The van der Waals surface area contributed by atoms with Crippen LogP contribution in [-0.2, 0) is 19.5 Å².